The maximum absolute atomic E-state index is 5.80. The van der Waals surface area contributed by atoms with Crippen LogP contribution in [0.25, 0.3) is 0 Å². The van der Waals surface area contributed by atoms with Gasteiger partial charge >= 0.3 is 0 Å². The van der Waals surface area contributed by atoms with Crippen molar-refractivity contribution in [1.82, 2.24) is 9.78 Å². The molecule has 0 atom stereocenters. The number of fused-ring (bicyclic) bond motifs is 1. The molecule has 0 bridgehead atoms. The first kappa shape index (κ1) is 7.65. The molecule has 0 amide bonds. The fraction of sp³-hybridized carbons (Fsp3) is 0.667. The standard InChI is InChI=1S/C9H15N3/c10-8-7-11-12-6-4-2-1-3-5-9(8)12/h7H,1-6,10H2. The fourth-order valence-electron chi connectivity index (χ4n) is 1.80. The lowest BCUT2D eigenvalue weighted by Crippen LogP contribution is -2.09. The van der Waals surface area contributed by atoms with Gasteiger partial charge in [0.1, 0.15) is 0 Å². The van der Waals surface area contributed by atoms with Gasteiger partial charge in [-0.05, 0) is 19.3 Å². The van der Waals surface area contributed by atoms with E-state index in [0.717, 1.165) is 18.7 Å². The van der Waals surface area contributed by atoms with Crippen LogP contribution in [0.5, 0.6) is 0 Å². The van der Waals surface area contributed by atoms with Crippen LogP contribution in [0.1, 0.15) is 31.4 Å². The summed E-state index contributed by atoms with van der Waals surface area (Å²) in [6, 6.07) is 0. The highest BCUT2D eigenvalue weighted by atomic mass is 15.3. The van der Waals surface area contributed by atoms with Gasteiger partial charge < -0.3 is 5.73 Å². The predicted octanol–water partition coefficient (Wildman–Crippen LogP) is 1.58. The molecular weight excluding hydrogens is 150 g/mol. The molecule has 1 aliphatic heterocycles. The van der Waals surface area contributed by atoms with Crippen LogP contribution in [0, 0.1) is 0 Å². The van der Waals surface area contributed by atoms with Crippen molar-refractivity contribution in [3.8, 4) is 0 Å². The Kier molecular flexibility index (Phi) is 2.02. The van der Waals surface area contributed by atoms with E-state index in [9.17, 15) is 0 Å². The zero-order chi connectivity index (χ0) is 8.39. The van der Waals surface area contributed by atoms with Crippen LogP contribution >= 0.6 is 0 Å². The van der Waals surface area contributed by atoms with Gasteiger partial charge in [-0.25, -0.2) is 0 Å². The molecule has 3 nitrogen and oxygen atoms in total. The number of nitrogens with zero attached hydrogens (tertiary/aromatic N) is 2. The van der Waals surface area contributed by atoms with E-state index in [0.29, 0.717) is 0 Å². The number of hydrogen-bond donors (Lipinski definition) is 1. The van der Waals surface area contributed by atoms with Gasteiger partial charge in [-0.3, -0.25) is 4.68 Å². The molecule has 1 aliphatic rings. The Morgan fingerprint density at radius 1 is 1.25 bits per heavy atom. The number of nitrogens with two attached hydrogens (primary N) is 1. The first-order chi connectivity index (χ1) is 5.88. The summed E-state index contributed by atoms with van der Waals surface area (Å²) < 4.78 is 2.06. The fourth-order valence-corrected chi connectivity index (χ4v) is 1.80. The van der Waals surface area contributed by atoms with Gasteiger partial charge in [-0.1, -0.05) is 12.8 Å². The second-order valence-electron chi connectivity index (χ2n) is 3.43. The Balaban J connectivity index is 2.26. The maximum atomic E-state index is 5.80. The highest BCUT2D eigenvalue weighted by Gasteiger charge is 2.09. The lowest BCUT2D eigenvalue weighted by atomic mass is 10.1. The topological polar surface area (TPSA) is 43.8 Å². The molecule has 2 rings (SSSR count). The Morgan fingerprint density at radius 3 is 3.00 bits per heavy atom. The van der Waals surface area contributed by atoms with E-state index in [4.69, 9.17) is 5.73 Å². The minimum absolute atomic E-state index is 0.872. The molecule has 66 valence electrons. The van der Waals surface area contributed by atoms with Crippen molar-refractivity contribution in [2.24, 2.45) is 0 Å². The molecule has 2 heterocycles. The molecule has 3 heteroatoms. The molecule has 1 aromatic rings. The Morgan fingerprint density at radius 2 is 2.08 bits per heavy atom. The Bertz CT molecular complexity index is 265. The summed E-state index contributed by atoms with van der Waals surface area (Å²) in [7, 11) is 0. The van der Waals surface area contributed by atoms with Crippen molar-refractivity contribution in [1.29, 1.82) is 0 Å². The van der Waals surface area contributed by atoms with Gasteiger partial charge in [0.2, 0.25) is 0 Å². The van der Waals surface area contributed by atoms with Gasteiger partial charge in [0.25, 0.3) is 0 Å². The molecule has 0 spiro atoms. The Hall–Kier alpha value is -0.990. The average molecular weight is 165 g/mol. The summed E-state index contributed by atoms with van der Waals surface area (Å²) in [5.74, 6) is 0. The van der Waals surface area contributed by atoms with Gasteiger partial charge in [-0.15, -0.1) is 0 Å². The van der Waals surface area contributed by atoms with Crippen LogP contribution in [0.15, 0.2) is 6.20 Å². The van der Waals surface area contributed by atoms with E-state index in [2.05, 4.69) is 9.78 Å². The van der Waals surface area contributed by atoms with Crippen molar-refractivity contribution in [2.75, 3.05) is 5.73 Å². The van der Waals surface area contributed by atoms with Crippen molar-refractivity contribution in [3.63, 3.8) is 0 Å². The number of anilines is 1. The smallest absolute Gasteiger partial charge is 0.0733 e. The molecule has 1 aromatic heterocycles. The van der Waals surface area contributed by atoms with Crippen molar-refractivity contribution in [3.05, 3.63) is 11.9 Å². The number of rotatable bonds is 0. The normalized spacial score (nSPS) is 18.0. The summed E-state index contributed by atoms with van der Waals surface area (Å²) in [6.07, 6.45) is 8.06. The number of hydrogen-bond acceptors (Lipinski definition) is 2. The van der Waals surface area contributed by atoms with E-state index >= 15 is 0 Å². The SMILES string of the molecule is Nc1cnn2c1CCCCCC2. The van der Waals surface area contributed by atoms with E-state index < -0.39 is 0 Å². The molecular formula is C9H15N3. The van der Waals surface area contributed by atoms with E-state index in [1.54, 1.807) is 6.20 Å². The lowest BCUT2D eigenvalue weighted by molar-refractivity contribution is 0.487. The largest absolute Gasteiger partial charge is 0.396 e. The summed E-state index contributed by atoms with van der Waals surface area (Å²) in [5.41, 5.74) is 7.92. The van der Waals surface area contributed by atoms with E-state index in [1.807, 2.05) is 0 Å². The summed E-state index contributed by atoms with van der Waals surface area (Å²) >= 11 is 0. The monoisotopic (exact) mass is 165 g/mol. The van der Waals surface area contributed by atoms with Gasteiger partial charge in [0.15, 0.2) is 0 Å². The summed E-state index contributed by atoms with van der Waals surface area (Å²) in [4.78, 5) is 0. The van der Waals surface area contributed by atoms with Crippen LogP contribution in [0.3, 0.4) is 0 Å². The third-order valence-electron chi connectivity index (χ3n) is 2.51. The zero-order valence-electron chi connectivity index (χ0n) is 7.29. The van der Waals surface area contributed by atoms with Crippen LogP contribution in [-0.2, 0) is 13.0 Å². The quantitative estimate of drug-likeness (QED) is 0.634. The molecule has 0 aromatic carbocycles. The zero-order valence-corrected chi connectivity index (χ0v) is 7.29. The highest BCUT2D eigenvalue weighted by molar-refractivity contribution is 5.40. The second-order valence-corrected chi connectivity index (χ2v) is 3.43. The van der Waals surface area contributed by atoms with Gasteiger partial charge in [0, 0.05) is 6.54 Å². The third kappa shape index (κ3) is 1.31. The minimum Gasteiger partial charge on any atom is -0.396 e. The van der Waals surface area contributed by atoms with E-state index in [-0.39, 0.29) is 0 Å². The van der Waals surface area contributed by atoms with Gasteiger partial charge in [-0.2, -0.15) is 5.10 Å². The van der Waals surface area contributed by atoms with Gasteiger partial charge in [0.05, 0.1) is 17.6 Å². The predicted molar refractivity (Wildman–Crippen MR) is 48.8 cm³/mol. The number of aromatic nitrogens is 2. The lowest BCUT2D eigenvalue weighted by Gasteiger charge is -2.11. The Labute approximate surface area is 72.6 Å². The molecule has 0 radical (unpaired) electrons. The average Bonchev–Trinajstić information content (AvgIpc) is 2.31. The van der Waals surface area contributed by atoms with Crippen LogP contribution in [-0.4, -0.2) is 9.78 Å². The maximum Gasteiger partial charge on any atom is 0.0733 e. The highest BCUT2D eigenvalue weighted by Crippen LogP contribution is 2.18. The molecule has 2 N–H and O–H groups in total. The van der Waals surface area contributed by atoms with Crippen LogP contribution in [0.2, 0.25) is 0 Å². The minimum atomic E-state index is 0.872. The van der Waals surface area contributed by atoms with Crippen LogP contribution < -0.4 is 5.73 Å². The summed E-state index contributed by atoms with van der Waals surface area (Å²) in [6.45, 7) is 1.05. The first-order valence-electron chi connectivity index (χ1n) is 4.68. The first-order valence-corrected chi connectivity index (χ1v) is 4.68. The van der Waals surface area contributed by atoms with E-state index in [1.165, 1.54) is 31.4 Å². The molecule has 0 fully saturated rings. The molecule has 0 saturated carbocycles. The number of nitrogen functional groups attached to an aromatic ring is 1. The molecule has 0 unspecified atom stereocenters. The molecule has 12 heavy (non-hydrogen) atoms. The second kappa shape index (κ2) is 3.17. The summed E-state index contributed by atoms with van der Waals surface area (Å²) in [5, 5.41) is 4.25. The van der Waals surface area contributed by atoms with Crippen LogP contribution in [0.4, 0.5) is 5.69 Å². The molecule has 0 saturated heterocycles. The van der Waals surface area contributed by atoms with Crippen molar-refractivity contribution >= 4 is 5.69 Å². The third-order valence-corrected chi connectivity index (χ3v) is 2.51. The van der Waals surface area contributed by atoms with Crippen molar-refractivity contribution < 1.29 is 0 Å². The number of aryl methyl sites for hydroxylation is 1. The molecule has 0 aliphatic carbocycles. The van der Waals surface area contributed by atoms with Crippen molar-refractivity contribution in [2.45, 2.75) is 38.6 Å².